The van der Waals surface area contributed by atoms with Crippen molar-refractivity contribution in [1.29, 1.82) is 0 Å². The number of likely N-dealkylation sites (tertiary alicyclic amines) is 1. The highest BCUT2D eigenvalue weighted by molar-refractivity contribution is 4.93. The molecule has 1 saturated carbocycles. The summed E-state index contributed by atoms with van der Waals surface area (Å²) in [4.78, 5) is 5.47. The van der Waals surface area contributed by atoms with Crippen molar-refractivity contribution in [3.05, 3.63) is 0 Å². The lowest BCUT2D eigenvalue weighted by molar-refractivity contribution is 0.136. The van der Waals surface area contributed by atoms with Crippen molar-refractivity contribution in [1.82, 2.24) is 15.1 Å². The smallest absolute Gasteiger partial charge is 0.0223 e. The Bertz CT molecular complexity index is 332. The standard InChI is InChI=1S/C18H35N3/c1-4-19-18-8-5-14(2)11-15(18)12-21-10-9-16-6-7-17(13-21)20(16)3/h14-19H,4-13H2,1-3H3. The predicted octanol–water partition coefficient (Wildman–Crippen LogP) is 2.57. The maximum absolute atomic E-state index is 3.77. The van der Waals surface area contributed by atoms with Gasteiger partial charge in [-0.2, -0.15) is 0 Å². The molecule has 3 aliphatic rings. The summed E-state index contributed by atoms with van der Waals surface area (Å²) in [6.07, 6.45) is 8.49. The van der Waals surface area contributed by atoms with E-state index in [0.29, 0.717) is 0 Å². The summed E-state index contributed by atoms with van der Waals surface area (Å²) in [5.41, 5.74) is 0. The van der Waals surface area contributed by atoms with Crippen LogP contribution in [0.5, 0.6) is 0 Å². The van der Waals surface area contributed by atoms with Gasteiger partial charge >= 0.3 is 0 Å². The fourth-order valence-electron chi connectivity index (χ4n) is 5.11. The van der Waals surface area contributed by atoms with Gasteiger partial charge < -0.3 is 10.2 Å². The van der Waals surface area contributed by atoms with Gasteiger partial charge in [0, 0.05) is 31.2 Å². The van der Waals surface area contributed by atoms with Gasteiger partial charge in [0.2, 0.25) is 0 Å². The zero-order valence-corrected chi connectivity index (χ0v) is 14.4. The Morgan fingerprint density at radius 1 is 1.05 bits per heavy atom. The van der Waals surface area contributed by atoms with Crippen LogP contribution in [0.15, 0.2) is 0 Å². The highest BCUT2D eigenvalue weighted by Gasteiger charge is 2.36. The summed E-state index contributed by atoms with van der Waals surface area (Å²) in [7, 11) is 2.36. The van der Waals surface area contributed by atoms with Crippen LogP contribution in [0.4, 0.5) is 0 Å². The molecule has 2 bridgehead atoms. The molecule has 0 radical (unpaired) electrons. The van der Waals surface area contributed by atoms with Gasteiger partial charge in [-0.05, 0) is 70.5 Å². The first-order chi connectivity index (χ1) is 10.2. The maximum Gasteiger partial charge on any atom is 0.0223 e. The number of rotatable bonds is 4. The minimum atomic E-state index is 0.768. The number of fused-ring (bicyclic) bond motifs is 2. The van der Waals surface area contributed by atoms with E-state index in [1.807, 2.05) is 0 Å². The Kier molecular flexibility index (Phi) is 5.23. The second-order valence-corrected chi connectivity index (χ2v) is 7.94. The molecule has 2 heterocycles. The Morgan fingerprint density at radius 2 is 1.86 bits per heavy atom. The van der Waals surface area contributed by atoms with E-state index in [-0.39, 0.29) is 0 Å². The first-order valence-electron chi connectivity index (χ1n) is 9.35. The van der Waals surface area contributed by atoms with Crippen LogP contribution in [0.2, 0.25) is 0 Å². The maximum atomic E-state index is 3.77. The number of nitrogens with one attached hydrogen (secondary N) is 1. The number of hydrogen-bond acceptors (Lipinski definition) is 3. The SMILES string of the molecule is CCNC1CCC(C)CC1CN1CCC2CCC(C1)N2C. The molecule has 1 N–H and O–H groups in total. The van der Waals surface area contributed by atoms with E-state index in [0.717, 1.165) is 36.5 Å². The normalized spacial score (nSPS) is 42.1. The van der Waals surface area contributed by atoms with E-state index in [9.17, 15) is 0 Å². The number of nitrogens with zero attached hydrogens (tertiary/aromatic N) is 2. The summed E-state index contributed by atoms with van der Waals surface area (Å²) < 4.78 is 0. The fraction of sp³-hybridized carbons (Fsp3) is 1.00. The van der Waals surface area contributed by atoms with Gasteiger partial charge in [0.05, 0.1) is 0 Å². The first-order valence-corrected chi connectivity index (χ1v) is 9.35. The van der Waals surface area contributed by atoms with E-state index in [1.54, 1.807) is 0 Å². The van der Waals surface area contributed by atoms with Gasteiger partial charge in [-0.1, -0.05) is 13.8 Å². The van der Waals surface area contributed by atoms with Crippen molar-refractivity contribution >= 4 is 0 Å². The topological polar surface area (TPSA) is 18.5 Å². The third-order valence-electron chi connectivity index (χ3n) is 6.44. The molecule has 0 amide bonds. The van der Waals surface area contributed by atoms with Crippen LogP contribution in [-0.4, -0.2) is 61.2 Å². The molecular formula is C18H35N3. The van der Waals surface area contributed by atoms with Crippen molar-refractivity contribution in [2.45, 2.75) is 70.5 Å². The highest BCUT2D eigenvalue weighted by Crippen LogP contribution is 2.32. The van der Waals surface area contributed by atoms with Gasteiger partial charge in [0.15, 0.2) is 0 Å². The van der Waals surface area contributed by atoms with Gasteiger partial charge in [-0.25, -0.2) is 0 Å². The van der Waals surface area contributed by atoms with Crippen molar-refractivity contribution < 1.29 is 0 Å². The van der Waals surface area contributed by atoms with Crippen LogP contribution in [0.3, 0.4) is 0 Å². The molecule has 3 heteroatoms. The molecule has 2 aliphatic heterocycles. The molecule has 3 fully saturated rings. The second kappa shape index (κ2) is 6.97. The molecule has 1 aliphatic carbocycles. The van der Waals surface area contributed by atoms with Gasteiger partial charge in [-0.15, -0.1) is 0 Å². The predicted molar refractivity (Wildman–Crippen MR) is 89.6 cm³/mol. The average Bonchev–Trinajstić information content (AvgIpc) is 2.70. The molecule has 2 saturated heterocycles. The van der Waals surface area contributed by atoms with Crippen LogP contribution in [0.25, 0.3) is 0 Å². The molecule has 3 nitrogen and oxygen atoms in total. The van der Waals surface area contributed by atoms with Crippen LogP contribution < -0.4 is 5.32 Å². The molecule has 21 heavy (non-hydrogen) atoms. The molecular weight excluding hydrogens is 258 g/mol. The summed E-state index contributed by atoms with van der Waals surface area (Å²) >= 11 is 0. The molecule has 0 aromatic rings. The van der Waals surface area contributed by atoms with Crippen molar-refractivity contribution in [2.24, 2.45) is 11.8 Å². The zero-order valence-electron chi connectivity index (χ0n) is 14.4. The highest BCUT2D eigenvalue weighted by atomic mass is 15.3. The lowest BCUT2D eigenvalue weighted by Crippen LogP contribution is -2.47. The molecule has 0 aromatic carbocycles. The minimum Gasteiger partial charge on any atom is -0.314 e. The third-order valence-corrected chi connectivity index (χ3v) is 6.44. The fourth-order valence-corrected chi connectivity index (χ4v) is 5.11. The summed E-state index contributed by atoms with van der Waals surface area (Å²) in [5, 5.41) is 3.77. The van der Waals surface area contributed by atoms with Crippen LogP contribution in [0.1, 0.15) is 52.4 Å². The van der Waals surface area contributed by atoms with Crippen LogP contribution in [0, 0.1) is 11.8 Å². The van der Waals surface area contributed by atoms with E-state index >= 15 is 0 Å². The van der Waals surface area contributed by atoms with Crippen molar-refractivity contribution in [3.63, 3.8) is 0 Å². The van der Waals surface area contributed by atoms with Gasteiger partial charge in [0.25, 0.3) is 0 Å². The zero-order chi connectivity index (χ0) is 14.8. The van der Waals surface area contributed by atoms with E-state index in [1.165, 1.54) is 58.2 Å². The number of hydrogen-bond donors (Lipinski definition) is 1. The largest absolute Gasteiger partial charge is 0.314 e. The molecule has 0 spiro atoms. The Hall–Kier alpha value is -0.120. The molecule has 3 rings (SSSR count). The first kappa shape index (κ1) is 15.8. The minimum absolute atomic E-state index is 0.768. The molecule has 5 unspecified atom stereocenters. The van der Waals surface area contributed by atoms with Crippen molar-refractivity contribution in [3.8, 4) is 0 Å². The lowest BCUT2D eigenvalue weighted by Gasteiger charge is -2.39. The lowest BCUT2D eigenvalue weighted by atomic mass is 9.78. The van der Waals surface area contributed by atoms with Gasteiger partial charge in [0.1, 0.15) is 0 Å². The monoisotopic (exact) mass is 293 g/mol. The summed E-state index contributed by atoms with van der Waals surface area (Å²) in [5.74, 6) is 1.80. The van der Waals surface area contributed by atoms with Crippen molar-refractivity contribution in [2.75, 3.05) is 33.2 Å². The number of likely N-dealkylation sites (N-methyl/N-ethyl adjacent to an activating group) is 1. The third kappa shape index (κ3) is 3.62. The molecule has 122 valence electrons. The van der Waals surface area contributed by atoms with Crippen LogP contribution >= 0.6 is 0 Å². The van der Waals surface area contributed by atoms with E-state index < -0.39 is 0 Å². The Labute approximate surface area is 131 Å². The van der Waals surface area contributed by atoms with Gasteiger partial charge in [-0.3, -0.25) is 4.90 Å². The Balaban J connectivity index is 1.58. The van der Waals surface area contributed by atoms with E-state index in [2.05, 4.69) is 36.0 Å². The molecule has 0 aromatic heterocycles. The quantitative estimate of drug-likeness (QED) is 0.859. The van der Waals surface area contributed by atoms with Crippen LogP contribution in [-0.2, 0) is 0 Å². The second-order valence-electron chi connectivity index (χ2n) is 7.94. The molecule has 5 atom stereocenters. The Morgan fingerprint density at radius 3 is 2.67 bits per heavy atom. The average molecular weight is 293 g/mol. The summed E-state index contributed by atoms with van der Waals surface area (Å²) in [6.45, 7) is 9.82. The van der Waals surface area contributed by atoms with E-state index in [4.69, 9.17) is 0 Å². The summed E-state index contributed by atoms with van der Waals surface area (Å²) in [6, 6.07) is 2.47.